The van der Waals surface area contributed by atoms with Gasteiger partial charge < -0.3 is 0 Å². The van der Waals surface area contributed by atoms with Crippen molar-refractivity contribution in [1.29, 1.82) is 0 Å². The van der Waals surface area contributed by atoms with E-state index in [4.69, 9.17) is 23.2 Å². The minimum Gasteiger partial charge on any atom is -0.127 e. The number of alkyl halides is 2. The molecule has 0 aliphatic rings. The Morgan fingerprint density at radius 2 is 0.955 bits per heavy atom. The standard InChI is InChI=1S/2C10H21Cl/c1-3-4-5-6-7-8-9-10(2)11;1-2-3-4-5-6-7-8-9-10-11/h10H,3-9H2,1-2H3;2-10H2,1H3. The third kappa shape index (κ3) is 28.7. The second-order valence-corrected chi connectivity index (χ2v) is 7.62. The van der Waals surface area contributed by atoms with Crippen molar-refractivity contribution in [2.24, 2.45) is 0 Å². The van der Waals surface area contributed by atoms with Gasteiger partial charge in [-0.15, -0.1) is 23.2 Å². The average Bonchev–Trinajstić information content (AvgIpc) is 2.50. The van der Waals surface area contributed by atoms with Gasteiger partial charge in [0.15, 0.2) is 0 Å². The lowest BCUT2D eigenvalue weighted by molar-refractivity contribution is 0.586. The van der Waals surface area contributed by atoms with E-state index >= 15 is 0 Å². The lowest BCUT2D eigenvalue weighted by Gasteiger charge is -2.01. The predicted molar refractivity (Wildman–Crippen MR) is 107 cm³/mol. The van der Waals surface area contributed by atoms with Gasteiger partial charge >= 0.3 is 0 Å². The molecule has 22 heavy (non-hydrogen) atoms. The third-order valence-corrected chi connectivity index (χ3v) is 4.43. The molecular weight excluding hydrogens is 311 g/mol. The van der Waals surface area contributed by atoms with Gasteiger partial charge in [0.2, 0.25) is 0 Å². The highest BCUT2D eigenvalue weighted by Crippen LogP contribution is 2.11. The first-order valence-electron chi connectivity index (χ1n) is 9.89. The molecule has 0 aliphatic heterocycles. The molecule has 0 nitrogen and oxygen atoms in total. The molecule has 0 aliphatic carbocycles. The van der Waals surface area contributed by atoms with E-state index in [1.54, 1.807) is 0 Å². The summed E-state index contributed by atoms with van der Waals surface area (Å²) in [5.74, 6) is 0.842. The summed E-state index contributed by atoms with van der Waals surface area (Å²) >= 11 is 11.4. The average molecular weight is 353 g/mol. The maximum absolute atomic E-state index is 5.82. The van der Waals surface area contributed by atoms with Crippen LogP contribution in [0.25, 0.3) is 0 Å². The quantitative estimate of drug-likeness (QED) is 0.204. The van der Waals surface area contributed by atoms with Crippen molar-refractivity contribution in [1.82, 2.24) is 0 Å². The molecule has 0 aromatic rings. The fourth-order valence-corrected chi connectivity index (χ4v) is 2.78. The third-order valence-electron chi connectivity index (χ3n) is 3.94. The molecular formula is C20H42Cl2. The molecule has 0 aromatic carbocycles. The van der Waals surface area contributed by atoms with Crippen LogP contribution in [0.3, 0.4) is 0 Å². The summed E-state index contributed by atoms with van der Waals surface area (Å²) < 4.78 is 0. The summed E-state index contributed by atoms with van der Waals surface area (Å²) in [6.45, 7) is 6.59. The van der Waals surface area contributed by atoms with Crippen LogP contribution in [0.1, 0.15) is 117 Å². The van der Waals surface area contributed by atoms with E-state index < -0.39 is 0 Å². The molecule has 0 bridgehead atoms. The van der Waals surface area contributed by atoms with E-state index in [-0.39, 0.29) is 0 Å². The number of hydrogen-bond acceptors (Lipinski definition) is 0. The smallest absolute Gasteiger partial charge is 0.0307 e. The van der Waals surface area contributed by atoms with Gasteiger partial charge in [0, 0.05) is 11.3 Å². The van der Waals surface area contributed by atoms with Crippen LogP contribution in [0, 0.1) is 0 Å². The van der Waals surface area contributed by atoms with Crippen LogP contribution in [0.4, 0.5) is 0 Å². The van der Waals surface area contributed by atoms with Crippen molar-refractivity contribution in [3.05, 3.63) is 0 Å². The van der Waals surface area contributed by atoms with Crippen molar-refractivity contribution in [3.63, 3.8) is 0 Å². The monoisotopic (exact) mass is 352 g/mol. The molecule has 0 saturated carbocycles. The van der Waals surface area contributed by atoms with Crippen molar-refractivity contribution < 1.29 is 0 Å². The molecule has 0 N–H and O–H groups in total. The van der Waals surface area contributed by atoms with Crippen molar-refractivity contribution in [2.75, 3.05) is 5.88 Å². The maximum atomic E-state index is 5.82. The Hall–Kier alpha value is 0.580. The molecule has 136 valence electrons. The Morgan fingerprint density at radius 3 is 1.32 bits per heavy atom. The number of rotatable bonds is 15. The SMILES string of the molecule is CCCCCCCCC(C)Cl.CCCCCCCCCCCl. The van der Waals surface area contributed by atoms with Crippen LogP contribution in [-0.2, 0) is 0 Å². The highest BCUT2D eigenvalue weighted by molar-refractivity contribution is 6.20. The van der Waals surface area contributed by atoms with Gasteiger partial charge in [0.25, 0.3) is 0 Å². The Morgan fingerprint density at radius 1 is 0.591 bits per heavy atom. The minimum absolute atomic E-state index is 0.376. The zero-order chi connectivity index (χ0) is 16.9. The van der Waals surface area contributed by atoms with E-state index in [0.29, 0.717) is 5.38 Å². The lowest BCUT2D eigenvalue weighted by atomic mass is 10.1. The molecule has 0 saturated heterocycles. The van der Waals surface area contributed by atoms with Gasteiger partial charge in [0.05, 0.1) is 0 Å². The van der Waals surface area contributed by atoms with Crippen molar-refractivity contribution in [3.8, 4) is 0 Å². The largest absolute Gasteiger partial charge is 0.127 e. The van der Waals surface area contributed by atoms with Crippen molar-refractivity contribution in [2.45, 2.75) is 122 Å². The minimum atomic E-state index is 0.376. The van der Waals surface area contributed by atoms with Gasteiger partial charge in [-0.25, -0.2) is 0 Å². The molecule has 0 heterocycles. The Labute approximate surface area is 151 Å². The first kappa shape index (κ1) is 24.8. The van der Waals surface area contributed by atoms with Crippen LogP contribution in [0.15, 0.2) is 0 Å². The molecule has 2 heteroatoms. The summed E-state index contributed by atoms with van der Waals surface area (Å²) in [6.07, 6.45) is 20.4. The highest BCUT2D eigenvalue weighted by atomic mass is 35.5. The molecule has 0 spiro atoms. The zero-order valence-electron chi connectivity index (χ0n) is 15.6. The molecule has 1 atom stereocenters. The lowest BCUT2D eigenvalue weighted by Crippen LogP contribution is -1.89. The van der Waals surface area contributed by atoms with E-state index in [2.05, 4.69) is 20.8 Å². The van der Waals surface area contributed by atoms with Gasteiger partial charge in [-0.3, -0.25) is 0 Å². The van der Waals surface area contributed by atoms with Gasteiger partial charge in [0.1, 0.15) is 0 Å². The number of halogens is 2. The Kier molecular flexibility index (Phi) is 26.9. The van der Waals surface area contributed by atoms with Crippen LogP contribution in [0.2, 0.25) is 0 Å². The summed E-state index contributed by atoms with van der Waals surface area (Å²) in [7, 11) is 0. The number of unbranched alkanes of at least 4 members (excludes halogenated alkanes) is 12. The van der Waals surface area contributed by atoms with E-state index in [1.807, 2.05) is 0 Å². The van der Waals surface area contributed by atoms with Gasteiger partial charge in [-0.05, 0) is 19.8 Å². The van der Waals surface area contributed by atoms with Crippen LogP contribution in [0.5, 0.6) is 0 Å². The van der Waals surface area contributed by atoms with E-state index in [1.165, 1.54) is 96.3 Å². The normalized spacial score (nSPS) is 11.9. The fourth-order valence-electron chi connectivity index (χ4n) is 2.43. The summed E-state index contributed by atoms with van der Waals surface area (Å²) in [5.41, 5.74) is 0. The Balaban J connectivity index is 0. The molecule has 0 fully saturated rings. The number of hydrogen-bond donors (Lipinski definition) is 0. The van der Waals surface area contributed by atoms with Gasteiger partial charge in [-0.2, -0.15) is 0 Å². The first-order valence-corrected chi connectivity index (χ1v) is 10.9. The van der Waals surface area contributed by atoms with E-state index in [0.717, 1.165) is 5.88 Å². The summed E-state index contributed by atoms with van der Waals surface area (Å²) in [6, 6.07) is 0. The predicted octanol–water partition coefficient (Wildman–Crippen LogP) is 8.73. The summed E-state index contributed by atoms with van der Waals surface area (Å²) in [4.78, 5) is 0. The van der Waals surface area contributed by atoms with Crippen LogP contribution >= 0.6 is 23.2 Å². The molecule has 1 unspecified atom stereocenters. The zero-order valence-corrected chi connectivity index (χ0v) is 17.2. The second kappa shape index (κ2) is 23.8. The van der Waals surface area contributed by atoms with E-state index in [9.17, 15) is 0 Å². The summed E-state index contributed by atoms with van der Waals surface area (Å²) in [5, 5.41) is 0.376. The Bertz CT molecular complexity index is 161. The van der Waals surface area contributed by atoms with Crippen LogP contribution in [-0.4, -0.2) is 11.3 Å². The van der Waals surface area contributed by atoms with Crippen LogP contribution < -0.4 is 0 Å². The van der Waals surface area contributed by atoms with Crippen molar-refractivity contribution >= 4 is 23.2 Å². The topological polar surface area (TPSA) is 0 Å². The fraction of sp³-hybridized carbons (Fsp3) is 1.00. The second-order valence-electron chi connectivity index (χ2n) is 6.50. The molecule has 0 amide bonds. The molecule has 0 rings (SSSR count). The molecule has 0 aromatic heterocycles. The first-order chi connectivity index (χ1) is 10.7. The van der Waals surface area contributed by atoms with Gasteiger partial charge in [-0.1, -0.05) is 97.3 Å². The molecule has 0 radical (unpaired) electrons. The highest BCUT2D eigenvalue weighted by Gasteiger charge is 1.95. The maximum Gasteiger partial charge on any atom is 0.0307 e.